The van der Waals surface area contributed by atoms with Crippen LogP contribution < -0.4 is 0 Å². The molecule has 0 saturated heterocycles. The minimum atomic E-state index is -2.21. The molecule has 0 rings (SSSR count). The molecule has 0 bridgehead atoms. The lowest BCUT2D eigenvalue weighted by molar-refractivity contribution is -0.170. The quantitative estimate of drug-likeness (QED) is 0.402. The lowest BCUT2D eigenvalue weighted by Gasteiger charge is -2.14. The molecule has 0 spiro atoms. The summed E-state index contributed by atoms with van der Waals surface area (Å²) < 4.78 is 4.52. The van der Waals surface area contributed by atoms with Gasteiger partial charge in [0.2, 0.25) is 0 Å². The second-order valence-corrected chi connectivity index (χ2v) is 3.63. The minimum absolute atomic E-state index is 0.136. The van der Waals surface area contributed by atoms with Crippen molar-refractivity contribution in [2.75, 3.05) is 6.61 Å². The van der Waals surface area contributed by atoms with Gasteiger partial charge in [0.05, 0.1) is 12.7 Å². The van der Waals surface area contributed by atoms with Crippen LogP contribution in [0.2, 0.25) is 0 Å². The lowest BCUT2D eigenvalue weighted by atomic mass is 10.1. The predicted octanol–water partition coefficient (Wildman–Crippen LogP) is -1.11. The van der Waals surface area contributed by atoms with E-state index in [0.29, 0.717) is 6.42 Å². The van der Waals surface area contributed by atoms with E-state index >= 15 is 0 Å². The van der Waals surface area contributed by atoms with E-state index in [2.05, 4.69) is 4.74 Å². The van der Waals surface area contributed by atoms with Gasteiger partial charge in [-0.3, -0.25) is 0 Å². The molecule has 0 heterocycles. The van der Waals surface area contributed by atoms with Gasteiger partial charge in [-0.2, -0.15) is 0 Å². The topological polar surface area (TPSA) is 124 Å². The van der Waals surface area contributed by atoms with E-state index in [9.17, 15) is 14.7 Å². The molecule has 0 radical (unpaired) electrons. The summed E-state index contributed by atoms with van der Waals surface area (Å²) in [6.45, 7) is 1.76. The first-order valence-electron chi connectivity index (χ1n) is 5.33. The molecule has 17 heavy (non-hydrogen) atoms. The molecular weight excluding hydrogens is 232 g/mol. The number of hydrogen-bond donors (Lipinski definition) is 4. The summed E-state index contributed by atoms with van der Waals surface area (Å²) in [5.41, 5.74) is 0. The van der Waals surface area contributed by atoms with Gasteiger partial charge in [-0.1, -0.05) is 13.3 Å². The predicted molar refractivity (Wildman–Crippen MR) is 56.1 cm³/mol. The van der Waals surface area contributed by atoms with Gasteiger partial charge in [0.25, 0.3) is 0 Å². The maximum Gasteiger partial charge on any atom is 0.338 e. The minimum Gasteiger partial charge on any atom is -0.479 e. The first-order chi connectivity index (χ1) is 7.90. The van der Waals surface area contributed by atoms with E-state index in [1.807, 2.05) is 6.92 Å². The normalized spacial score (nSPS) is 16.0. The highest BCUT2D eigenvalue weighted by atomic mass is 16.6. The van der Waals surface area contributed by atoms with Crippen LogP contribution in [0.15, 0.2) is 0 Å². The van der Waals surface area contributed by atoms with Gasteiger partial charge in [-0.25, -0.2) is 9.59 Å². The first-order valence-corrected chi connectivity index (χ1v) is 5.33. The van der Waals surface area contributed by atoms with Gasteiger partial charge >= 0.3 is 11.9 Å². The highest BCUT2D eigenvalue weighted by Gasteiger charge is 2.31. The number of carbonyl (C=O) groups excluding carboxylic acids is 1. The number of hydrogen-bond acceptors (Lipinski definition) is 6. The van der Waals surface area contributed by atoms with Crippen molar-refractivity contribution in [1.82, 2.24) is 0 Å². The summed E-state index contributed by atoms with van der Waals surface area (Å²) in [4.78, 5) is 21.3. The van der Waals surface area contributed by atoms with Gasteiger partial charge in [0.15, 0.2) is 12.2 Å². The van der Waals surface area contributed by atoms with E-state index in [1.165, 1.54) is 0 Å². The van der Waals surface area contributed by atoms with Crippen molar-refractivity contribution in [1.29, 1.82) is 0 Å². The molecule has 4 N–H and O–H groups in total. The highest BCUT2D eigenvalue weighted by molar-refractivity contribution is 5.84. The molecule has 7 heteroatoms. The van der Waals surface area contributed by atoms with E-state index < -0.39 is 30.3 Å². The standard InChI is InChI=1S/C10H18O7/c1-2-3-6(11)4-5-17-10(16)8(13)7(12)9(14)15/h6-8,11-13H,2-5H2,1H3,(H,14,15). The van der Waals surface area contributed by atoms with E-state index in [4.69, 9.17) is 15.3 Å². The van der Waals surface area contributed by atoms with Crippen molar-refractivity contribution in [2.24, 2.45) is 0 Å². The summed E-state index contributed by atoms with van der Waals surface area (Å²) in [6.07, 6.45) is -3.36. The van der Waals surface area contributed by atoms with Crippen molar-refractivity contribution < 1.29 is 34.8 Å². The van der Waals surface area contributed by atoms with Crippen molar-refractivity contribution in [3.63, 3.8) is 0 Å². The average Bonchev–Trinajstić information content (AvgIpc) is 2.27. The third-order valence-electron chi connectivity index (χ3n) is 2.11. The molecule has 0 saturated carbocycles. The van der Waals surface area contributed by atoms with Crippen LogP contribution in [0.1, 0.15) is 26.2 Å². The van der Waals surface area contributed by atoms with Crippen molar-refractivity contribution in [3.8, 4) is 0 Å². The molecule has 0 aromatic heterocycles. The van der Waals surface area contributed by atoms with Crippen LogP contribution in [0.25, 0.3) is 0 Å². The van der Waals surface area contributed by atoms with Gasteiger partial charge in [0, 0.05) is 6.42 Å². The molecule has 0 aromatic carbocycles. The number of rotatable bonds is 8. The molecule has 3 atom stereocenters. The number of esters is 1. The number of aliphatic hydroxyl groups is 3. The Hall–Kier alpha value is -1.18. The van der Waals surface area contributed by atoms with E-state index in [-0.39, 0.29) is 13.0 Å². The summed E-state index contributed by atoms with van der Waals surface area (Å²) in [5.74, 6) is -2.93. The van der Waals surface area contributed by atoms with Crippen LogP contribution in [0, 0.1) is 0 Å². The molecule has 0 fully saturated rings. The van der Waals surface area contributed by atoms with E-state index in [1.54, 1.807) is 0 Å². The van der Waals surface area contributed by atoms with Gasteiger partial charge < -0.3 is 25.2 Å². The Kier molecular flexibility index (Phi) is 7.44. The Morgan fingerprint density at radius 1 is 1.12 bits per heavy atom. The van der Waals surface area contributed by atoms with Crippen molar-refractivity contribution >= 4 is 11.9 Å². The van der Waals surface area contributed by atoms with Gasteiger partial charge in [-0.05, 0) is 6.42 Å². The van der Waals surface area contributed by atoms with Crippen LogP contribution in [-0.2, 0) is 14.3 Å². The monoisotopic (exact) mass is 250 g/mol. The summed E-state index contributed by atoms with van der Waals surface area (Å²) in [5, 5.41) is 35.5. The summed E-state index contributed by atoms with van der Waals surface area (Å²) in [6, 6.07) is 0. The fourth-order valence-corrected chi connectivity index (χ4v) is 1.12. The van der Waals surface area contributed by atoms with Crippen LogP contribution in [-0.4, -0.2) is 57.3 Å². The number of carbonyl (C=O) groups is 2. The first kappa shape index (κ1) is 15.8. The van der Waals surface area contributed by atoms with Crippen LogP contribution in [0.5, 0.6) is 0 Å². The summed E-state index contributed by atoms with van der Waals surface area (Å²) >= 11 is 0. The van der Waals surface area contributed by atoms with Crippen molar-refractivity contribution in [3.05, 3.63) is 0 Å². The zero-order valence-electron chi connectivity index (χ0n) is 9.57. The Balaban J connectivity index is 3.90. The second-order valence-electron chi connectivity index (χ2n) is 3.63. The second kappa shape index (κ2) is 7.99. The summed E-state index contributed by atoms with van der Waals surface area (Å²) in [7, 11) is 0. The van der Waals surface area contributed by atoms with Crippen molar-refractivity contribution in [2.45, 2.75) is 44.5 Å². The number of ether oxygens (including phenoxy) is 1. The molecular formula is C10H18O7. The third kappa shape index (κ3) is 6.20. The molecule has 0 aromatic rings. The molecule has 100 valence electrons. The Labute approximate surface area is 98.6 Å². The highest BCUT2D eigenvalue weighted by Crippen LogP contribution is 2.03. The molecule has 7 nitrogen and oxygen atoms in total. The number of aliphatic hydroxyl groups excluding tert-OH is 3. The lowest BCUT2D eigenvalue weighted by Crippen LogP contribution is -2.40. The molecule has 3 unspecified atom stereocenters. The maximum absolute atomic E-state index is 11.1. The van der Waals surface area contributed by atoms with E-state index in [0.717, 1.165) is 6.42 Å². The fourth-order valence-electron chi connectivity index (χ4n) is 1.12. The van der Waals surface area contributed by atoms with Crippen LogP contribution >= 0.6 is 0 Å². The zero-order chi connectivity index (χ0) is 13.4. The molecule has 0 amide bonds. The molecule has 0 aliphatic carbocycles. The Morgan fingerprint density at radius 3 is 2.18 bits per heavy atom. The molecule has 0 aliphatic heterocycles. The number of aliphatic carboxylic acids is 1. The Bertz CT molecular complexity index is 253. The molecule has 0 aliphatic rings. The largest absolute Gasteiger partial charge is 0.479 e. The third-order valence-corrected chi connectivity index (χ3v) is 2.11. The maximum atomic E-state index is 11.1. The average molecular weight is 250 g/mol. The smallest absolute Gasteiger partial charge is 0.338 e. The zero-order valence-corrected chi connectivity index (χ0v) is 9.57. The Morgan fingerprint density at radius 2 is 1.71 bits per heavy atom. The van der Waals surface area contributed by atoms with Crippen LogP contribution in [0.4, 0.5) is 0 Å². The van der Waals surface area contributed by atoms with Crippen LogP contribution in [0.3, 0.4) is 0 Å². The van der Waals surface area contributed by atoms with Gasteiger partial charge in [-0.15, -0.1) is 0 Å². The number of carboxylic acids is 1. The number of carboxylic acid groups (broad SMARTS) is 1. The SMILES string of the molecule is CCCC(O)CCOC(=O)C(O)C(O)C(=O)O. The fraction of sp³-hybridized carbons (Fsp3) is 0.800. The van der Waals surface area contributed by atoms with Gasteiger partial charge in [0.1, 0.15) is 0 Å².